The normalized spacial score (nSPS) is 15.6. The molecule has 0 aliphatic heterocycles. The molecule has 16 heavy (non-hydrogen) atoms. The summed E-state index contributed by atoms with van der Waals surface area (Å²) in [5.74, 6) is 1.06. The number of benzene rings is 1. The Morgan fingerprint density at radius 1 is 1.38 bits per heavy atom. The molecule has 2 nitrogen and oxygen atoms in total. The van der Waals surface area contributed by atoms with Crippen molar-refractivity contribution in [1.82, 2.24) is 4.98 Å². The number of fused-ring (bicyclic) bond motifs is 1. The van der Waals surface area contributed by atoms with Crippen LogP contribution in [0.2, 0.25) is 0 Å². The fourth-order valence-electron chi connectivity index (χ4n) is 1.93. The summed E-state index contributed by atoms with van der Waals surface area (Å²) < 4.78 is 0.978. The standard InChI is InChI=1S/C13H12BrNO/c14-10-2-1-3-11-9(10)7-13(16)12(15-11)6-8-4-5-8/h1-3,7-8,16H,4-6H2. The molecule has 1 N–H and O–H groups in total. The molecule has 0 radical (unpaired) electrons. The number of aromatic hydroxyl groups is 1. The molecule has 82 valence electrons. The van der Waals surface area contributed by atoms with E-state index in [0.29, 0.717) is 5.75 Å². The van der Waals surface area contributed by atoms with Gasteiger partial charge in [0.2, 0.25) is 0 Å². The van der Waals surface area contributed by atoms with E-state index in [1.165, 1.54) is 12.8 Å². The van der Waals surface area contributed by atoms with Crippen LogP contribution in [0.4, 0.5) is 0 Å². The van der Waals surface area contributed by atoms with Crippen molar-refractivity contribution >= 4 is 26.8 Å². The lowest BCUT2D eigenvalue weighted by molar-refractivity contribution is 0.463. The number of hydrogen-bond acceptors (Lipinski definition) is 2. The Balaban J connectivity index is 2.13. The Morgan fingerprint density at radius 3 is 2.94 bits per heavy atom. The summed E-state index contributed by atoms with van der Waals surface area (Å²) in [6.45, 7) is 0. The molecule has 1 aliphatic rings. The van der Waals surface area contributed by atoms with Crippen LogP contribution in [0.25, 0.3) is 10.9 Å². The first-order valence-electron chi connectivity index (χ1n) is 5.51. The fourth-order valence-corrected chi connectivity index (χ4v) is 2.40. The van der Waals surface area contributed by atoms with Crippen molar-refractivity contribution < 1.29 is 5.11 Å². The third kappa shape index (κ3) is 1.80. The van der Waals surface area contributed by atoms with Crippen LogP contribution in [0.5, 0.6) is 5.75 Å². The van der Waals surface area contributed by atoms with Gasteiger partial charge in [-0.3, -0.25) is 0 Å². The van der Waals surface area contributed by atoms with Crippen LogP contribution in [-0.4, -0.2) is 10.1 Å². The zero-order chi connectivity index (χ0) is 11.1. The molecule has 0 atom stereocenters. The van der Waals surface area contributed by atoms with Gasteiger partial charge >= 0.3 is 0 Å². The largest absolute Gasteiger partial charge is 0.506 e. The summed E-state index contributed by atoms with van der Waals surface area (Å²) >= 11 is 3.47. The molecular weight excluding hydrogens is 266 g/mol. The lowest BCUT2D eigenvalue weighted by Crippen LogP contribution is -1.93. The molecular formula is C13H12BrNO. The third-order valence-electron chi connectivity index (χ3n) is 3.04. The topological polar surface area (TPSA) is 33.1 Å². The maximum atomic E-state index is 9.93. The van der Waals surface area contributed by atoms with Crippen LogP contribution in [0.1, 0.15) is 18.5 Å². The van der Waals surface area contributed by atoms with Crippen LogP contribution in [0.15, 0.2) is 28.7 Å². The first-order chi connectivity index (χ1) is 7.74. The van der Waals surface area contributed by atoms with Gasteiger partial charge in [-0.2, -0.15) is 0 Å². The van der Waals surface area contributed by atoms with Gasteiger partial charge in [0.1, 0.15) is 5.75 Å². The Kier molecular flexibility index (Phi) is 2.36. The predicted molar refractivity (Wildman–Crippen MR) is 67.5 cm³/mol. The highest BCUT2D eigenvalue weighted by molar-refractivity contribution is 9.10. The highest BCUT2D eigenvalue weighted by Gasteiger charge is 2.23. The molecule has 0 amide bonds. The van der Waals surface area contributed by atoms with Crippen LogP contribution in [0, 0.1) is 5.92 Å². The van der Waals surface area contributed by atoms with Gasteiger partial charge in [-0.15, -0.1) is 0 Å². The minimum Gasteiger partial charge on any atom is -0.506 e. The average Bonchev–Trinajstić information content (AvgIpc) is 3.05. The summed E-state index contributed by atoms with van der Waals surface area (Å²) in [6, 6.07) is 7.72. The van der Waals surface area contributed by atoms with E-state index in [1.807, 2.05) is 24.3 Å². The maximum Gasteiger partial charge on any atom is 0.137 e. The van der Waals surface area contributed by atoms with Crippen molar-refractivity contribution in [3.8, 4) is 5.75 Å². The van der Waals surface area contributed by atoms with Gasteiger partial charge in [-0.1, -0.05) is 22.0 Å². The monoisotopic (exact) mass is 277 g/mol. The van der Waals surface area contributed by atoms with Gasteiger partial charge in [0.05, 0.1) is 11.2 Å². The van der Waals surface area contributed by atoms with Crippen molar-refractivity contribution in [1.29, 1.82) is 0 Å². The maximum absolute atomic E-state index is 9.93. The Bertz CT molecular complexity index is 549. The molecule has 3 heteroatoms. The smallest absolute Gasteiger partial charge is 0.137 e. The average molecular weight is 278 g/mol. The van der Waals surface area contributed by atoms with Gasteiger partial charge in [0.25, 0.3) is 0 Å². The number of pyridine rings is 1. The first kappa shape index (κ1) is 10.1. The van der Waals surface area contributed by atoms with E-state index in [1.54, 1.807) is 0 Å². The summed E-state index contributed by atoms with van der Waals surface area (Å²) in [5.41, 5.74) is 1.79. The van der Waals surface area contributed by atoms with Gasteiger partial charge in [0.15, 0.2) is 0 Å². The van der Waals surface area contributed by atoms with E-state index in [-0.39, 0.29) is 0 Å². The second-order valence-corrected chi connectivity index (χ2v) is 5.26. The molecule has 1 fully saturated rings. The van der Waals surface area contributed by atoms with Crippen molar-refractivity contribution in [3.63, 3.8) is 0 Å². The van der Waals surface area contributed by atoms with Crippen LogP contribution in [0.3, 0.4) is 0 Å². The van der Waals surface area contributed by atoms with Crippen LogP contribution in [-0.2, 0) is 6.42 Å². The highest BCUT2D eigenvalue weighted by Crippen LogP contribution is 2.36. The third-order valence-corrected chi connectivity index (χ3v) is 3.73. The highest BCUT2D eigenvalue weighted by atomic mass is 79.9. The van der Waals surface area contributed by atoms with Gasteiger partial charge < -0.3 is 5.11 Å². The van der Waals surface area contributed by atoms with Gasteiger partial charge in [-0.25, -0.2) is 4.98 Å². The van der Waals surface area contributed by atoms with E-state index in [4.69, 9.17) is 0 Å². The lowest BCUT2D eigenvalue weighted by Gasteiger charge is -2.06. The van der Waals surface area contributed by atoms with Crippen molar-refractivity contribution in [2.75, 3.05) is 0 Å². The molecule has 1 aliphatic carbocycles. The summed E-state index contributed by atoms with van der Waals surface area (Å²) in [6.07, 6.45) is 3.46. The number of hydrogen-bond donors (Lipinski definition) is 1. The van der Waals surface area contributed by atoms with Crippen molar-refractivity contribution in [3.05, 3.63) is 34.4 Å². The minimum atomic E-state index is 0.325. The molecule has 0 spiro atoms. The lowest BCUT2D eigenvalue weighted by atomic mass is 10.1. The van der Waals surface area contributed by atoms with Crippen LogP contribution < -0.4 is 0 Å². The molecule has 1 heterocycles. The fraction of sp³-hybridized carbons (Fsp3) is 0.308. The van der Waals surface area contributed by atoms with Crippen molar-refractivity contribution in [2.24, 2.45) is 5.92 Å². The van der Waals surface area contributed by atoms with Crippen molar-refractivity contribution in [2.45, 2.75) is 19.3 Å². The van der Waals surface area contributed by atoms with Crippen LogP contribution >= 0.6 is 15.9 Å². The first-order valence-corrected chi connectivity index (χ1v) is 6.30. The summed E-state index contributed by atoms with van der Waals surface area (Å²) in [7, 11) is 0. The molecule has 1 aromatic carbocycles. The molecule has 0 unspecified atom stereocenters. The van der Waals surface area contributed by atoms with Gasteiger partial charge in [-0.05, 0) is 43.4 Å². The minimum absolute atomic E-state index is 0.325. The molecule has 3 rings (SSSR count). The number of nitrogens with zero attached hydrogens (tertiary/aromatic N) is 1. The summed E-state index contributed by atoms with van der Waals surface area (Å²) in [4.78, 5) is 4.54. The molecule has 0 bridgehead atoms. The van der Waals surface area contributed by atoms with E-state index in [2.05, 4.69) is 20.9 Å². The molecule has 1 saturated carbocycles. The number of aromatic nitrogens is 1. The van der Waals surface area contributed by atoms with Gasteiger partial charge in [0, 0.05) is 9.86 Å². The van der Waals surface area contributed by atoms with E-state index in [9.17, 15) is 5.11 Å². The second kappa shape index (κ2) is 3.74. The second-order valence-electron chi connectivity index (χ2n) is 4.41. The molecule has 2 aromatic rings. The Morgan fingerprint density at radius 2 is 2.19 bits per heavy atom. The zero-order valence-corrected chi connectivity index (χ0v) is 10.4. The molecule has 0 saturated heterocycles. The zero-order valence-electron chi connectivity index (χ0n) is 8.78. The Labute approximate surface area is 102 Å². The summed E-state index contributed by atoms with van der Waals surface area (Å²) in [5, 5.41) is 10.9. The quantitative estimate of drug-likeness (QED) is 0.909. The van der Waals surface area contributed by atoms with E-state index < -0.39 is 0 Å². The predicted octanol–water partition coefficient (Wildman–Crippen LogP) is 3.66. The SMILES string of the molecule is Oc1cc2c(Br)cccc2nc1CC1CC1. The molecule has 1 aromatic heterocycles. The number of rotatable bonds is 2. The van der Waals surface area contributed by atoms with E-state index >= 15 is 0 Å². The number of halogens is 1. The Hall–Kier alpha value is -1.09. The van der Waals surface area contributed by atoms with E-state index in [0.717, 1.165) is 33.4 Å².